The Hall–Kier alpha value is -0.870. The summed E-state index contributed by atoms with van der Waals surface area (Å²) in [4.78, 5) is 0.885. The summed E-state index contributed by atoms with van der Waals surface area (Å²) in [6, 6.07) is 1.83. The van der Waals surface area contributed by atoms with Gasteiger partial charge < -0.3 is 5.11 Å². The van der Waals surface area contributed by atoms with Crippen LogP contribution < -0.4 is 4.72 Å². The van der Waals surface area contributed by atoms with Gasteiger partial charge in [0.2, 0.25) is 10.0 Å². The molecule has 0 spiro atoms. The third-order valence-corrected chi connectivity index (χ3v) is 5.07. The minimum Gasteiger partial charge on any atom is -0.384 e. The molecule has 1 aliphatic rings. The maximum absolute atomic E-state index is 11.7. The average Bonchev–Trinajstić information content (AvgIpc) is 3.00. The molecule has 1 fully saturated rings. The minimum absolute atomic E-state index is 0.192. The van der Waals surface area contributed by atoms with Crippen LogP contribution in [0.15, 0.2) is 11.4 Å². The van der Waals surface area contributed by atoms with Crippen LogP contribution in [0.4, 0.5) is 0 Å². The van der Waals surface area contributed by atoms with E-state index in [1.54, 1.807) is 0 Å². The molecule has 1 aromatic rings. The summed E-state index contributed by atoms with van der Waals surface area (Å²) in [5, 5.41) is 10.5. The topological polar surface area (TPSA) is 66.4 Å². The minimum atomic E-state index is -3.17. The molecule has 0 radical (unpaired) electrons. The monoisotopic (exact) mass is 285 g/mol. The first-order valence-electron chi connectivity index (χ1n) is 5.74. The van der Waals surface area contributed by atoms with Crippen LogP contribution in [0.1, 0.15) is 23.3 Å². The molecular weight excluding hydrogens is 270 g/mol. The molecule has 1 aliphatic carbocycles. The molecular formula is C12H15NO3S2. The quantitative estimate of drug-likeness (QED) is 0.791. The summed E-state index contributed by atoms with van der Waals surface area (Å²) in [6.07, 6.45) is 2.04. The van der Waals surface area contributed by atoms with E-state index >= 15 is 0 Å². The van der Waals surface area contributed by atoms with Crippen molar-refractivity contribution in [1.82, 2.24) is 4.72 Å². The van der Waals surface area contributed by atoms with Gasteiger partial charge in [0.05, 0.1) is 5.75 Å². The Morgan fingerprint density at radius 1 is 1.50 bits per heavy atom. The van der Waals surface area contributed by atoms with Gasteiger partial charge in [0.15, 0.2) is 0 Å². The molecule has 1 aromatic heterocycles. The number of hydrogen-bond acceptors (Lipinski definition) is 4. The molecule has 0 unspecified atom stereocenters. The second-order valence-corrected chi connectivity index (χ2v) is 7.12. The predicted octanol–water partition coefficient (Wildman–Crippen LogP) is 0.921. The number of hydrogen-bond donors (Lipinski definition) is 2. The Labute approximate surface area is 111 Å². The largest absolute Gasteiger partial charge is 0.384 e. The number of thiophene rings is 1. The first kappa shape index (κ1) is 13.6. The molecule has 4 nitrogen and oxygen atoms in total. The van der Waals surface area contributed by atoms with Gasteiger partial charge in [-0.1, -0.05) is 11.8 Å². The number of nitrogens with one attached hydrogen (secondary N) is 1. The highest BCUT2D eigenvalue weighted by Crippen LogP contribution is 2.30. The summed E-state index contributed by atoms with van der Waals surface area (Å²) in [5.41, 5.74) is 0.781. The fourth-order valence-corrected chi connectivity index (χ4v) is 3.85. The van der Waals surface area contributed by atoms with Crippen LogP contribution in [0, 0.1) is 17.8 Å². The highest BCUT2D eigenvalue weighted by molar-refractivity contribution is 7.89. The van der Waals surface area contributed by atoms with Gasteiger partial charge in [0.25, 0.3) is 0 Å². The second-order valence-electron chi connectivity index (χ2n) is 4.26. The Morgan fingerprint density at radius 3 is 2.94 bits per heavy atom. The molecule has 6 heteroatoms. The van der Waals surface area contributed by atoms with Crippen molar-refractivity contribution in [2.45, 2.75) is 19.4 Å². The van der Waals surface area contributed by atoms with Gasteiger partial charge in [-0.3, -0.25) is 0 Å². The normalized spacial score (nSPS) is 15.2. The highest BCUT2D eigenvalue weighted by Gasteiger charge is 2.27. The van der Waals surface area contributed by atoms with E-state index in [0.29, 0.717) is 5.92 Å². The molecule has 0 saturated heterocycles. The average molecular weight is 285 g/mol. The molecule has 0 bridgehead atoms. The second kappa shape index (κ2) is 5.85. The third kappa shape index (κ3) is 4.10. The van der Waals surface area contributed by atoms with Crippen molar-refractivity contribution < 1.29 is 13.5 Å². The number of rotatable bonds is 5. The van der Waals surface area contributed by atoms with Crippen LogP contribution in [-0.2, 0) is 16.6 Å². The number of aliphatic hydroxyl groups excluding tert-OH is 1. The van der Waals surface area contributed by atoms with Crippen LogP contribution in [-0.4, -0.2) is 25.9 Å². The van der Waals surface area contributed by atoms with Crippen molar-refractivity contribution in [2.75, 3.05) is 12.4 Å². The Kier molecular flexibility index (Phi) is 4.40. The van der Waals surface area contributed by atoms with Gasteiger partial charge >= 0.3 is 0 Å². The van der Waals surface area contributed by atoms with E-state index in [2.05, 4.69) is 16.6 Å². The summed E-state index contributed by atoms with van der Waals surface area (Å²) in [7, 11) is -3.17. The van der Waals surface area contributed by atoms with Crippen LogP contribution in [0.5, 0.6) is 0 Å². The van der Waals surface area contributed by atoms with E-state index in [9.17, 15) is 8.42 Å². The lowest BCUT2D eigenvalue weighted by atomic mass is 10.2. The molecule has 0 atom stereocenters. The van der Waals surface area contributed by atoms with Crippen molar-refractivity contribution in [2.24, 2.45) is 5.92 Å². The molecule has 98 valence electrons. The van der Waals surface area contributed by atoms with Crippen LogP contribution in [0.3, 0.4) is 0 Å². The molecule has 1 heterocycles. The van der Waals surface area contributed by atoms with Crippen molar-refractivity contribution in [3.63, 3.8) is 0 Å². The lowest BCUT2D eigenvalue weighted by molar-refractivity contribution is 0.350. The van der Waals surface area contributed by atoms with Crippen LogP contribution in [0.25, 0.3) is 0 Å². The van der Waals surface area contributed by atoms with Gasteiger partial charge in [-0.05, 0) is 30.2 Å². The summed E-state index contributed by atoms with van der Waals surface area (Å²) in [6.45, 7) is 0.0882. The van der Waals surface area contributed by atoms with Gasteiger partial charge in [0, 0.05) is 17.0 Å². The van der Waals surface area contributed by atoms with Crippen molar-refractivity contribution in [3.05, 3.63) is 21.9 Å². The Morgan fingerprint density at radius 2 is 2.28 bits per heavy atom. The maximum Gasteiger partial charge on any atom is 0.212 e. The highest BCUT2D eigenvalue weighted by atomic mass is 32.2. The van der Waals surface area contributed by atoms with E-state index in [1.165, 1.54) is 11.3 Å². The van der Waals surface area contributed by atoms with Crippen molar-refractivity contribution >= 4 is 21.4 Å². The van der Waals surface area contributed by atoms with E-state index in [-0.39, 0.29) is 18.9 Å². The summed E-state index contributed by atoms with van der Waals surface area (Å²) in [5.74, 6) is 5.95. The van der Waals surface area contributed by atoms with Crippen LogP contribution >= 0.6 is 11.3 Å². The molecule has 18 heavy (non-hydrogen) atoms. The fraction of sp³-hybridized carbons (Fsp3) is 0.500. The Balaban J connectivity index is 1.95. The predicted molar refractivity (Wildman–Crippen MR) is 71.6 cm³/mol. The lowest BCUT2D eigenvalue weighted by Crippen LogP contribution is -2.26. The number of aliphatic hydroxyl groups is 1. The van der Waals surface area contributed by atoms with Gasteiger partial charge in [0.1, 0.15) is 6.61 Å². The molecule has 2 rings (SSSR count). The first-order chi connectivity index (χ1) is 8.61. The van der Waals surface area contributed by atoms with E-state index in [4.69, 9.17) is 5.11 Å². The molecule has 0 amide bonds. The van der Waals surface area contributed by atoms with Gasteiger partial charge in [-0.2, -0.15) is 0 Å². The third-order valence-electron chi connectivity index (χ3n) is 2.65. The zero-order valence-electron chi connectivity index (χ0n) is 9.85. The number of sulfonamides is 1. The first-order valence-corrected chi connectivity index (χ1v) is 8.27. The lowest BCUT2D eigenvalue weighted by Gasteiger charge is -2.04. The van der Waals surface area contributed by atoms with Crippen molar-refractivity contribution in [1.29, 1.82) is 0 Å². The SMILES string of the molecule is O=S(=O)(CC1CC1)NCc1sccc1C#CCO. The molecule has 0 aromatic carbocycles. The Bertz CT molecular complexity index is 562. The van der Waals surface area contributed by atoms with E-state index in [1.807, 2.05) is 11.4 Å². The van der Waals surface area contributed by atoms with Crippen LogP contribution in [0.2, 0.25) is 0 Å². The zero-order valence-corrected chi connectivity index (χ0v) is 11.5. The van der Waals surface area contributed by atoms with Gasteiger partial charge in [-0.25, -0.2) is 13.1 Å². The zero-order chi connectivity index (χ0) is 13.0. The summed E-state index contributed by atoms with van der Waals surface area (Å²) < 4.78 is 26.0. The standard InChI is InChI=1S/C12H15NO3S2/c14-6-1-2-11-5-7-17-12(11)8-13-18(15,16)9-10-3-4-10/h5,7,10,13-14H,3-4,6,8-9H2. The smallest absolute Gasteiger partial charge is 0.212 e. The molecule has 2 N–H and O–H groups in total. The maximum atomic E-state index is 11.7. The summed E-state index contributed by atoms with van der Waals surface area (Å²) >= 11 is 1.46. The molecule has 0 aliphatic heterocycles. The van der Waals surface area contributed by atoms with Gasteiger partial charge in [-0.15, -0.1) is 11.3 Å². The van der Waals surface area contributed by atoms with Crippen molar-refractivity contribution in [3.8, 4) is 11.8 Å². The fourth-order valence-electron chi connectivity index (χ4n) is 1.55. The molecule has 1 saturated carbocycles. The van der Waals surface area contributed by atoms with E-state index < -0.39 is 10.0 Å². The van der Waals surface area contributed by atoms with E-state index in [0.717, 1.165) is 23.3 Å².